The first-order valence-electron chi connectivity index (χ1n) is 7.57. The Hall–Kier alpha value is -1.90. The monoisotopic (exact) mass is 373 g/mol. The van der Waals surface area contributed by atoms with E-state index in [4.69, 9.17) is 5.26 Å². The Balaban J connectivity index is 1.61. The van der Waals surface area contributed by atoms with Gasteiger partial charge in [0.1, 0.15) is 5.82 Å². The van der Waals surface area contributed by atoms with E-state index in [1.807, 2.05) is 23.1 Å². The topological polar surface area (TPSA) is 30.3 Å². The van der Waals surface area contributed by atoms with E-state index in [1.54, 1.807) is 12.1 Å². The molecule has 0 saturated carbocycles. The Morgan fingerprint density at radius 3 is 2.52 bits per heavy atom. The molecule has 118 valence electrons. The molecule has 0 N–H and O–H groups in total. The molecule has 0 radical (unpaired) electrons. The molecule has 1 heterocycles. The Morgan fingerprint density at radius 1 is 1.09 bits per heavy atom. The Labute approximate surface area is 144 Å². The van der Waals surface area contributed by atoms with Crippen molar-refractivity contribution in [3.63, 3.8) is 0 Å². The average Bonchev–Trinajstić information content (AvgIpc) is 2.56. The Bertz CT molecular complexity index is 733. The van der Waals surface area contributed by atoms with E-state index in [0.29, 0.717) is 11.3 Å². The normalized spacial score (nSPS) is 15.4. The molecule has 0 unspecified atom stereocenters. The summed E-state index contributed by atoms with van der Waals surface area (Å²) in [5.74, 6) is -0.315. The molecule has 3 rings (SSSR count). The first-order valence-corrected chi connectivity index (χ1v) is 8.36. The fraction of sp³-hybridized carbons (Fsp3) is 0.278. The Kier molecular flexibility index (Phi) is 4.94. The van der Waals surface area contributed by atoms with Crippen LogP contribution in [-0.2, 0) is 6.54 Å². The van der Waals surface area contributed by atoms with Gasteiger partial charge in [-0.2, -0.15) is 5.26 Å². The van der Waals surface area contributed by atoms with Crippen LogP contribution in [0.25, 0.3) is 0 Å². The lowest BCUT2D eigenvalue weighted by Gasteiger charge is -2.36. The summed E-state index contributed by atoms with van der Waals surface area (Å²) in [6.07, 6.45) is 0. The van der Waals surface area contributed by atoms with E-state index in [2.05, 4.69) is 33.0 Å². The van der Waals surface area contributed by atoms with E-state index < -0.39 is 0 Å². The fourth-order valence-electron chi connectivity index (χ4n) is 2.87. The van der Waals surface area contributed by atoms with Crippen molar-refractivity contribution in [1.82, 2.24) is 4.90 Å². The summed E-state index contributed by atoms with van der Waals surface area (Å²) in [7, 11) is 0. The minimum Gasteiger partial charge on any atom is -0.367 e. The molecule has 5 heteroatoms. The van der Waals surface area contributed by atoms with Crippen LogP contribution >= 0.6 is 15.9 Å². The van der Waals surface area contributed by atoms with Gasteiger partial charge in [0.2, 0.25) is 0 Å². The molecule has 1 saturated heterocycles. The highest BCUT2D eigenvalue weighted by Gasteiger charge is 2.19. The summed E-state index contributed by atoms with van der Waals surface area (Å²) in [6, 6.07) is 15.0. The first-order chi connectivity index (χ1) is 11.2. The molecule has 23 heavy (non-hydrogen) atoms. The van der Waals surface area contributed by atoms with Gasteiger partial charge in [-0.25, -0.2) is 4.39 Å². The van der Waals surface area contributed by atoms with Crippen molar-refractivity contribution >= 4 is 21.6 Å². The molecule has 1 fully saturated rings. The SMILES string of the molecule is N#Cc1ccc(N2CCN(Cc3cccc(Br)c3)CC2)c(F)c1. The molecule has 1 aliphatic rings. The molecule has 0 aromatic heterocycles. The lowest BCUT2D eigenvalue weighted by atomic mass is 10.1. The predicted octanol–water partition coefficient (Wildman–Crippen LogP) is 3.78. The summed E-state index contributed by atoms with van der Waals surface area (Å²) in [6.45, 7) is 4.27. The first kappa shape index (κ1) is 16.0. The van der Waals surface area contributed by atoms with Crippen LogP contribution in [0.4, 0.5) is 10.1 Å². The van der Waals surface area contributed by atoms with Crippen molar-refractivity contribution in [2.45, 2.75) is 6.54 Å². The zero-order valence-corrected chi connectivity index (χ0v) is 14.3. The second-order valence-corrected chi connectivity index (χ2v) is 6.59. The zero-order chi connectivity index (χ0) is 16.2. The van der Waals surface area contributed by atoms with Gasteiger partial charge in [-0.3, -0.25) is 4.90 Å². The number of hydrogen-bond donors (Lipinski definition) is 0. The summed E-state index contributed by atoms with van der Waals surface area (Å²) in [5.41, 5.74) is 2.23. The van der Waals surface area contributed by atoms with Crippen LogP contribution in [-0.4, -0.2) is 31.1 Å². The molecule has 0 aliphatic carbocycles. The largest absolute Gasteiger partial charge is 0.367 e. The average molecular weight is 374 g/mol. The van der Waals surface area contributed by atoms with Gasteiger partial charge < -0.3 is 4.90 Å². The molecule has 3 nitrogen and oxygen atoms in total. The fourth-order valence-corrected chi connectivity index (χ4v) is 3.32. The summed E-state index contributed by atoms with van der Waals surface area (Å²) in [4.78, 5) is 4.42. The second-order valence-electron chi connectivity index (χ2n) is 5.67. The number of benzene rings is 2. The summed E-state index contributed by atoms with van der Waals surface area (Å²) in [5, 5.41) is 8.82. The van der Waals surface area contributed by atoms with Gasteiger partial charge in [0.05, 0.1) is 17.3 Å². The van der Waals surface area contributed by atoms with Crippen molar-refractivity contribution in [3.05, 3.63) is 63.9 Å². The lowest BCUT2D eigenvalue weighted by Crippen LogP contribution is -2.46. The molecule has 0 bridgehead atoms. The highest BCUT2D eigenvalue weighted by atomic mass is 79.9. The van der Waals surface area contributed by atoms with Gasteiger partial charge in [-0.1, -0.05) is 28.1 Å². The molecule has 2 aromatic carbocycles. The van der Waals surface area contributed by atoms with Crippen molar-refractivity contribution in [2.24, 2.45) is 0 Å². The van der Waals surface area contributed by atoms with Gasteiger partial charge >= 0.3 is 0 Å². The number of nitriles is 1. The number of rotatable bonds is 3. The van der Waals surface area contributed by atoms with Crippen LogP contribution in [0.1, 0.15) is 11.1 Å². The van der Waals surface area contributed by atoms with Crippen LogP contribution in [0, 0.1) is 17.1 Å². The standard InChI is InChI=1S/C18H17BrFN3/c19-16-3-1-2-15(10-16)13-22-6-8-23(9-7-22)18-5-4-14(12-21)11-17(18)20/h1-5,10-11H,6-9,13H2. The van der Waals surface area contributed by atoms with Crippen molar-refractivity contribution < 1.29 is 4.39 Å². The van der Waals surface area contributed by atoms with Gasteiger partial charge in [0.15, 0.2) is 0 Å². The third-order valence-corrected chi connectivity index (χ3v) is 4.58. The smallest absolute Gasteiger partial charge is 0.147 e. The third kappa shape index (κ3) is 3.90. The molecule has 0 spiro atoms. The van der Waals surface area contributed by atoms with Crippen LogP contribution < -0.4 is 4.90 Å². The maximum absolute atomic E-state index is 14.1. The number of anilines is 1. The van der Waals surface area contributed by atoms with Crippen LogP contribution in [0.3, 0.4) is 0 Å². The molecule has 0 amide bonds. The summed E-state index contributed by atoms with van der Waals surface area (Å²) >= 11 is 3.50. The molecule has 2 aromatic rings. The van der Waals surface area contributed by atoms with E-state index in [9.17, 15) is 4.39 Å². The van der Waals surface area contributed by atoms with Gasteiger partial charge in [0.25, 0.3) is 0 Å². The predicted molar refractivity (Wildman–Crippen MR) is 92.7 cm³/mol. The maximum Gasteiger partial charge on any atom is 0.147 e. The molecular weight excluding hydrogens is 357 g/mol. The van der Waals surface area contributed by atoms with E-state index >= 15 is 0 Å². The molecular formula is C18H17BrFN3. The number of halogens is 2. The van der Waals surface area contributed by atoms with Crippen LogP contribution in [0.15, 0.2) is 46.9 Å². The van der Waals surface area contributed by atoms with E-state index in [0.717, 1.165) is 37.2 Å². The highest BCUT2D eigenvalue weighted by Crippen LogP contribution is 2.22. The highest BCUT2D eigenvalue weighted by molar-refractivity contribution is 9.10. The van der Waals surface area contributed by atoms with Crippen molar-refractivity contribution in [2.75, 3.05) is 31.1 Å². The van der Waals surface area contributed by atoms with Crippen molar-refractivity contribution in [1.29, 1.82) is 5.26 Å². The lowest BCUT2D eigenvalue weighted by molar-refractivity contribution is 0.249. The van der Waals surface area contributed by atoms with Crippen LogP contribution in [0.2, 0.25) is 0 Å². The quantitative estimate of drug-likeness (QED) is 0.819. The van der Waals surface area contributed by atoms with Gasteiger partial charge in [-0.05, 0) is 35.9 Å². The van der Waals surface area contributed by atoms with Gasteiger partial charge in [-0.15, -0.1) is 0 Å². The van der Waals surface area contributed by atoms with Crippen molar-refractivity contribution in [3.8, 4) is 6.07 Å². The second kappa shape index (κ2) is 7.12. The number of hydrogen-bond acceptors (Lipinski definition) is 3. The van der Waals surface area contributed by atoms with Gasteiger partial charge in [0, 0.05) is 37.2 Å². The number of piperazine rings is 1. The van der Waals surface area contributed by atoms with Crippen LogP contribution in [0.5, 0.6) is 0 Å². The molecule has 0 atom stereocenters. The maximum atomic E-state index is 14.1. The number of nitrogens with zero attached hydrogens (tertiary/aromatic N) is 3. The third-order valence-electron chi connectivity index (χ3n) is 4.08. The summed E-state index contributed by atoms with van der Waals surface area (Å²) < 4.78 is 15.2. The Morgan fingerprint density at radius 2 is 1.87 bits per heavy atom. The molecule has 1 aliphatic heterocycles. The minimum atomic E-state index is -0.315. The van der Waals surface area contributed by atoms with E-state index in [1.165, 1.54) is 11.6 Å². The minimum absolute atomic E-state index is 0.315. The zero-order valence-electron chi connectivity index (χ0n) is 12.7. The van der Waals surface area contributed by atoms with E-state index in [-0.39, 0.29) is 5.82 Å².